The van der Waals surface area contributed by atoms with Crippen LogP contribution < -0.4 is 5.48 Å². The summed E-state index contributed by atoms with van der Waals surface area (Å²) in [6.07, 6.45) is 1.32. The highest BCUT2D eigenvalue weighted by Crippen LogP contribution is 2.32. The van der Waals surface area contributed by atoms with E-state index >= 15 is 0 Å². The van der Waals surface area contributed by atoms with Crippen molar-refractivity contribution in [2.45, 2.75) is 31.9 Å². The Kier molecular flexibility index (Phi) is 3.13. The van der Waals surface area contributed by atoms with Crippen molar-refractivity contribution in [2.24, 2.45) is 7.05 Å². The molecule has 0 aliphatic carbocycles. The smallest absolute Gasteiger partial charge is 0.252 e. The van der Waals surface area contributed by atoms with Gasteiger partial charge in [-0.3, -0.25) is 10.3 Å². The molecule has 7 nitrogen and oxygen atoms in total. The number of sulfone groups is 1. The molecule has 0 amide bonds. The number of alkyl halides is 1. The molecule has 1 aliphatic rings. The van der Waals surface area contributed by atoms with Crippen LogP contribution in [0.25, 0.3) is 0 Å². The molecule has 1 aromatic rings. The Hall–Kier alpha value is -1.48. The lowest BCUT2D eigenvalue weighted by atomic mass is 10.1. The van der Waals surface area contributed by atoms with Crippen LogP contribution in [0.5, 0.6) is 0 Å². The second kappa shape index (κ2) is 4.27. The number of nitrogens with zero attached hydrogens (tertiary/aromatic N) is 3. The molecule has 2 heterocycles. The molecule has 0 aromatic carbocycles. The van der Waals surface area contributed by atoms with Crippen molar-refractivity contribution in [1.82, 2.24) is 20.5 Å². The molecule has 0 bridgehead atoms. The zero-order valence-corrected chi connectivity index (χ0v) is 11.8. The molecule has 1 aromatic heterocycles. The van der Waals surface area contributed by atoms with Crippen LogP contribution in [-0.2, 0) is 21.7 Å². The summed E-state index contributed by atoms with van der Waals surface area (Å²) in [5.74, 6) is 0. The lowest BCUT2D eigenvalue weighted by Crippen LogP contribution is -2.23. The van der Waals surface area contributed by atoms with Crippen molar-refractivity contribution in [3.05, 3.63) is 22.5 Å². The number of hydroxylamine groups is 1. The Morgan fingerprint density at radius 2 is 2.11 bits per heavy atom. The van der Waals surface area contributed by atoms with Gasteiger partial charge >= 0.3 is 0 Å². The molecule has 2 rings (SSSR count). The maximum absolute atomic E-state index is 14.3. The van der Waals surface area contributed by atoms with Gasteiger partial charge < -0.3 is 0 Å². The van der Waals surface area contributed by atoms with Crippen LogP contribution in [0.3, 0.4) is 0 Å². The van der Waals surface area contributed by atoms with Crippen LogP contribution in [0.15, 0.2) is 11.1 Å². The standard InChI is InChI=1S/C10H15FN4O3S/c1-6-8(13-15(4)12-6)9(11)19(16,17)7-5-10(2,3)18-14-7/h5,9,14H,1-4H3. The van der Waals surface area contributed by atoms with E-state index in [1.54, 1.807) is 13.8 Å². The maximum atomic E-state index is 14.3. The predicted molar refractivity (Wildman–Crippen MR) is 64.9 cm³/mol. The van der Waals surface area contributed by atoms with Crippen LogP contribution in [-0.4, -0.2) is 29.0 Å². The minimum absolute atomic E-state index is 0.213. The highest BCUT2D eigenvalue weighted by atomic mass is 32.2. The highest BCUT2D eigenvalue weighted by Gasteiger charge is 2.39. The summed E-state index contributed by atoms with van der Waals surface area (Å²) < 4.78 is 38.5. The molecule has 1 unspecified atom stereocenters. The first-order chi connectivity index (χ1) is 8.63. The SMILES string of the molecule is Cc1nn(C)nc1C(F)S(=O)(=O)C1=CC(C)(C)ON1. The summed E-state index contributed by atoms with van der Waals surface area (Å²) >= 11 is 0. The molecular weight excluding hydrogens is 275 g/mol. The molecule has 9 heteroatoms. The van der Waals surface area contributed by atoms with E-state index in [4.69, 9.17) is 4.84 Å². The number of aromatic nitrogens is 3. The van der Waals surface area contributed by atoms with Gasteiger partial charge in [-0.1, -0.05) is 0 Å². The highest BCUT2D eigenvalue weighted by molar-refractivity contribution is 7.95. The Bertz CT molecular complexity index is 635. The summed E-state index contributed by atoms with van der Waals surface area (Å²) in [5, 5.41) is 7.27. The quantitative estimate of drug-likeness (QED) is 0.880. The second-order valence-corrected chi connectivity index (χ2v) is 6.78. The Labute approximate surface area is 110 Å². The first-order valence-electron chi connectivity index (χ1n) is 5.56. The van der Waals surface area contributed by atoms with Gasteiger partial charge in [0.05, 0.1) is 5.69 Å². The number of hydrogen-bond acceptors (Lipinski definition) is 6. The summed E-state index contributed by atoms with van der Waals surface area (Å²) in [4.78, 5) is 6.16. The molecule has 1 atom stereocenters. The van der Waals surface area contributed by atoms with Crippen molar-refractivity contribution < 1.29 is 17.6 Å². The van der Waals surface area contributed by atoms with E-state index in [1.165, 1.54) is 20.0 Å². The molecule has 106 valence electrons. The van der Waals surface area contributed by atoms with E-state index < -0.39 is 20.9 Å². The first kappa shape index (κ1) is 13.9. The average Bonchev–Trinajstić information content (AvgIpc) is 2.80. The molecule has 0 saturated carbocycles. The van der Waals surface area contributed by atoms with Crippen molar-refractivity contribution in [1.29, 1.82) is 0 Å². The van der Waals surface area contributed by atoms with Crippen LogP contribution in [0.1, 0.15) is 30.7 Å². The van der Waals surface area contributed by atoms with Gasteiger partial charge in [-0.05, 0) is 26.8 Å². The lowest BCUT2D eigenvalue weighted by Gasteiger charge is -2.11. The molecule has 19 heavy (non-hydrogen) atoms. The summed E-state index contributed by atoms with van der Waals surface area (Å²) in [7, 11) is -2.73. The number of halogens is 1. The van der Waals surface area contributed by atoms with Gasteiger partial charge in [-0.25, -0.2) is 12.8 Å². The molecule has 0 spiro atoms. The van der Waals surface area contributed by atoms with Gasteiger partial charge in [0, 0.05) is 7.05 Å². The topological polar surface area (TPSA) is 86.1 Å². The third-order valence-electron chi connectivity index (χ3n) is 2.61. The van der Waals surface area contributed by atoms with Gasteiger partial charge in [0.15, 0.2) is 5.03 Å². The fourth-order valence-corrected chi connectivity index (χ4v) is 3.02. The molecular formula is C10H15FN4O3S. The summed E-state index contributed by atoms with van der Waals surface area (Å²) in [6, 6.07) is 0. The molecule has 0 fully saturated rings. The van der Waals surface area contributed by atoms with Crippen LogP contribution in [0.4, 0.5) is 4.39 Å². The Balaban J connectivity index is 2.38. The van der Waals surface area contributed by atoms with Gasteiger partial charge in [-0.15, -0.1) is 0 Å². The zero-order chi connectivity index (χ0) is 14.4. The van der Waals surface area contributed by atoms with E-state index in [9.17, 15) is 12.8 Å². The number of hydrogen-bond donors (Lipinski definition) is 1. The Morgan fingerprint density at radius 1 is 1.47 bits per heavy atom. The van der Waals surface area contributed by atoms with E-state index in [0.717, 1.165) is 4.80 Å². The van der Waals surface area contributed by atoms with Gasteiger partial charge in [0.1, 0.15) is 11.3 Å². The largest absolute Gasteiger partial charge is 0.265 e. The maximum Gasteiger partial charge on any atom is 0.252 e. The lowest BCUT2D eigenvalue weighted by molar-refractivity contribution is -0.0130. The Morgan fingerprint density at radius 3 is 2.53 bits per heavy atom. The van der Waals surface area contributed by atoms with E-state index in [2.05, 4.69) is 15.7 Å². The summed E-state index contributed by atoms with van der Waals surface area (Å²) in [5.41, 5.74) is -0.823. The third kappa shape index (κ3) is 2.47. The second-order valence-electron chi connectivity index (χ2n) is 4.84. The van der Waals surface area contributed by atoms with E-state index in [0.29, 0.717) is 0 Å². The minimum Gasteiger partial charge on any atom is -0.265 e. The fourth-order valence-electron chi connectivity index (χ4n) is 1.68. The van der Waals surface area contributed by atoms with Gasteiger partial charge in [0.25, 0.3) is 5.50 Å². The normalized spacial score (nSPS) is 19.9. The van der Waals surface area contributed by atoms with Crippen LogP contribution in [0, 0.1) is 6.92 Å². The van der Waals surface area contributed by atoms with Gasteiger partial charge in [0.2, 0.25) is 9.84 Å². The molecule has 1 aliphatic heterocycles. The fraction of sp³-hybridized carbons (Fsp3) is 0.600. The van der Waals surface area contributed by atoms with Crippen molar-refractivity contribution in [2.75, 3.05) is 0 Å². The summed E-state index contributed by atoms with van der Waals surface area (Å²) in [6.45, 7) is 4.81. The predicted octanol–water partition coefficient (Wildman–Crippen LogP) is 0.661. The van der Waals surface area contributed by atoms with E-state index in [1.807, 2.05) is 0 Å². The van der Waals surface area contributed by atoms with Gasteiger partial charge in [-0.2, -0.15) is 15.0 Å². The molecule has 0 radical (unpaired) electrons. The molecule has 1 N–H and O–H groups in total. The average molecular weight is 290 g/mol. The number of rotatable bonds is 3. The van der Waals surface area contributed by atoms with Crippen LogP contribution >= 0.6 is 0 Å². The first-order valence-corrected chi connectivity index (χ1v) is 7.11. The zero-order valence-electron chi connectivity index (χ0n) is 11.0. The van der Waals surface area contributed by atoms with Crippen LogP contribution in [0.2, 0.25) is 0 Å². The third-order valence-corrected chi connectivity index (χ3v) is 4.19. The minimum atomic E-state index is -4.23. The number of aryl methyl sites for hydroxylation is 2. The van der Waals surface area contributed by atoms with E-state index in [-0.39, 0.29) is 16.4 Å². The van der Waals surface area contributed by atoms with Crippen molar-refractivity contribution in [3.63, 3.8) is 0 Å². The van der Waals surface area contributed by atoms with Crippen molar-refractivity contribution in [3.8, 4) is 0 Å². The molecule has 0 saturated heterocycles. The monoisotopic (exact) mass is 290 g/mol. The van der Waals surface area contributed by atoms with Crippen molar-refractivity contribution >= 4 is 9.84 Å². The number of nitrogens with one attached hydrogen (secondary N) is 1.